The summed E-state index contributed by atoms with van der Waals surface area (Å²) in [6.07, 6.45) is 1.10. The first-order valence-electron chi connectivity index (χ1n) is 6.60. The molecule has 2 aromatic rings. The van der Waals surface area contributed by atoms with Gasteiger partial charge < -0.3 is 5.32 Å². The Balaban J connectivity index is 2.31. The van der Waals surface area contributed by atoms with E-state index in [0.29, 0.717) is 15.9 Å². The number of nitrogens with zero attached hydrogens (tertiary/aromatic N) is 2. The molecule has 1 aromatic carbocycles. The lowest BCUT2D eigenvalue weighted by atomic mass is 10.2. The third kappa shape index (κ3) is 4.17. The molecule has 0 spiro atoms. The van der Waals surface area contributed by atoms with Crippen LogP contribution in [0.2, 0.25) is 10.0 Å². The molecule has 0 unspecified atom stereocenters. The van der Waals surface area contributed by atoms with Gasteiger partial charge >= 0.3 is 0 Å². The quantitative estimate of drug-likeness (QED) is 0.839. The van der Waals surface area contributed by atoms with Crippen LogP contribution in [0.1, 0.15) is 24.7 Å². The van der Waals surface area contributed by atoms with Gasteiger partial charge in [0.05, 0.1) is 5.69 Å². The number of aryl methyl sites for hydroxylation is 1. The zero-order valence-corrected chi connectivity index (χ0v) is 13.1. The number of hydrogen-bond acceptors (Lipinski definition) is 3. The largest absolute Gasteiger partial charge is 0.311 e. The number of benzene rings is 1. The molecule has 1 N–H and O–H groups in total. The molecule has 0 aliphatic heterocycles. The van der Waals surface area contributed by atoms with Gasteiger partial charge in [-0.1, -0.05) is 30.1 Å². The monoisotopic (exact) mass is 309 g/mol. The van der Waals surface area contributed by atoms with Crippen LogP contribution in [0, 0.1) is 6.92 Å². The molecule has 0 bridgehead atoms. The zero-order chi connectivity index (χ0) is 14.5. The van der Waals surface area contributed by atoms with E-state index in [1.54, 1.807) is 6.07 Å². The van der Waals surface area contributed by atoms with E-state index in [9.17, 15) is 0 Å². The van der Waals surface area contributed by atoms with E-state index >= 15 is 0 Å². The molecular weight excluding hydrogens is 293 g/mol. The average Bonchev–Trinajstić information content (AvgIpc) is 2.37. The van der Waals surface area contributed by atoms with Crippen LogP contribution in [0.25, 0.3) is 11.4 Å². The Kier molecular flexibility index (Phi) is 5.35. The van der Waals surface area contributed by atoms with E-state index in [-0.39, 0.29) is 0 Å². The molecular formula is C15H17Cl2N3. The van der Waals surface area contributed by atoms with Crippen molar-refractivity contribution >= 4 is 23.2 Å². The molecule has 20 heavy (non-hydrogen) atoms. The zero-order valence-electron chi connectivity index (χ0n) is 11.6. The fraction of sp³-hybridized carbons (Fsp3) is 0.333. The maximum atomic E-state index is 6.03. The Morgan fingerprint density at radius 3 is 2.40 bits per heavy atom. The Bertz CT molecular complexity index is 579. The lowest BCUT2D eigenvalue weighted by Crippen LogP contribution is -2.15. The predicted octanol–water partition coefficient (Wildman–Crippen LogP) is 4.26. The van der Waals surface area contributed by atoms with Crippen molar-refractivity contribution in [2.24, 2.45) is 0 Å². The van der Waals surface area contributed by atoms with E-state index in [4.69, 9.17) is 23.2 Å². The number of nitrogens with one attached hydrogen (secondary N) is 1. The highest BCUT2D eigenvalue weighted by Crippen LogP contribution is 2.25. The molecule has 0 aliphatic rings. The van der Waals surface area contributed by atoms with Crippen molar-refractivity contribution in [3.8, 4) is 11.4 Å². The highest BCUT2D eigenvalue weighted by Gasteiger charge is 2.07. The summed E-state index contributed by atoms with van der Waals surface area (Å²) >= 11 is 12.1. The van der Waals surface area contributed by atoms with Crippen molar-refractivity contribution in [3.05, 3.63) is 45.7 Å². The second-order valence-corrected chi connectivity index (χ2v) is 5.53. The topological polar surface area (TPSA) is 37.8 Å². The fourth-order valence-electron chi connectivity index (χ4n) is 1.93. The maximum absolute atomic E-state index is 6.03. The van der Waals surface area contributed by atoms with E-state index < -0.39 is 0 Å². The molecule has 1 heterocycles. The molecule has 2 rings (SSSR count). The van der Waals surface area contributed by atoms with Crippen LogP contribution in [0.15, 0.2) is 24.3 Å². The molecule has 0 atom stereocenters. The smallest absolute Gasteiger partial charge is 0.159 e. The average molecular weight is 310 g/mol. The van der Waals surface area contributed by atoms with Crippen LogP contribution >= 0.6 is 23.2 Å². The third-order valence-corrected chi connectivity index (χ3v) is 3.20. The fourth-order valence-corrected chi connectivity index (χ4v) is 2.46. The highest BCUT2D eigenvalue weighted by atomic mass is 35.5. The molecule has 0 aliphatic carbocycles. The first kappa shape index (κ1) is 15.2. The molecule has 106 valence electrons. The highest BCUT2D eigenvalue weighted by molar-refractivity contribution is 6.35. The summed E-state index contributed by atoms with van der Waals surface area (Å²) in [5.41, 5.74) is 2.74. The number of halogens is 2. The van der Waals surface area contributed by atoms with Gasteiger partial charge in [0.15, 0.2) is 5.82 Å². The molecule has 3 nitrogen and oxygen atoms in total. The number of aromatic nitrogens is 2. The van der Waals surface area contributed by atoms with Crippen LogP contribution < -0.4 is 5.32 Å². The predicted molar refractivity (Wildman–Crippen MR) is 84.2 cm³/mol. The van der Waals surface area contributed by atoms with Crippen molar-refractivity contribution < 1.29 is 0 Å². The van der Waals surface area contributed by atoms with E-state index in [1.807, 2.05) is 25.1 Å². The van der Waals surface area contributed by atoms with Crippen molar-refractivity contribution in [1.29, 1.82) is 0 Å². The van der Waals surface area contributed by atoms with E-state index in [2.05, 4.69) is 22.2 Å². The summed E-state index contributed by atoms with van der Waals surface area (Å²) in [6, 6.07) is 7.33. The van der Waals surface area contributed by atoms with Crippen LogP contribution in [-0.4, -0.2) is 16.5 Å². The Morgan fingerprint density at radius 1 is 1.05 bits per heavy atom. The first-order valence-corrected chi connectivity index (χ1v) is 7.36. The van der Waals surface area contributed by atoms with Crippen LogP contribution in [0.5, 0.6) is 0 Å². The first-order chi connectivity index (χ1) is 9.58. The second kappa shape index (κ2) is 7.02. The Labute approximate surface area is 129 Å². The van der Waals surface area contributed by atoms with E-state index in [1.165, 1.54) is 0 Å². The van der Waals surface area contributed by atoms with Crippen molar-refractivity contribution in [2.75, 3.05) is 6.54 Å². The molecule has 1 aromatic heterocycles. The van der Waals surface area contributed by atoms with Gasteiger partial charge in [-0.2, -0.15) is 0 Å². The number of hydrogen-bond donors (Lipinski definition) is 1. The normalized spacial score (nSPS) is 10.8. The van der Waals surface area contributed by atoms with Crippen LogP contribution in [-0.2, 0) is 6.54 Å². The molecule has 0 saturated heterocycles. The van der Waals surface area contributed by atoms with Crippen molar-refractivity contribution in [3.63, 3.8) is 0 Å². The van der Waals surface area contributed by atoms with E-state index in [0.717, 1.165) is 36.5 Å². The minimum absolute atomic E-state index is 0.586. The Hall–Kier alpha value is -1.16. The van der Waals surface area contributed by atoms with Gasteiger partial charge in [0.1, 0.15) is 0 Å². The maximum Gasteiger partial charge on any atom is 0.159 e. The minimum Gasteiger partial charge on any atom is -0.311 e. The molecule has 0 radical (unpaired) electrons. The van der Waals surface area contributed by atoms with Gasteiger partial charge in [0, 0.05) is 27.8 Å². The number of rotatable bonds is 5. The lowest BCUT2D eigenvalue weighted by Gasteiger charge is -2.08. The minimum atomic E-state index is 0.586. The van der Waals surface area contributed by atoms with Gasteiger partial charge in [-0.15, -0.1) is 0 Å². The SMILES string of the molecule is CCCNCc1cc(C)nc(-c2cc(Cl)cc(Cl)c2)n1. The molecule has 0 saturated carbocycles. The van der Waals surface area contributed by atoms with Gasteiger partial charge in [-0.25, -0.2) is 9.97 Å². The third-order valence-electron chi connectivity index (χ3n) is 2.76. The molecule has 5 heteroatoms. The summed E-state index contributed by atoms with van der Waals surface area (Å²) in [6.45, 7) is 5.80. The van der Waals surface area contributed by atoms with Gasteiger partial charge in [0.2, 0.25) is 0 Å². The summed E-state index contributed by atoms with van der Waals surface area (Å²) < 4.78 is 0. The summed E-state index contributed by atoms with van der Waals surface area (Å²) in [5.74, 6) is 0.655. The lowest BCUT2D eigenvalue weighted by molar-refractivity contribution is 0.663. The standard InChI is InChI=1S/C15H17Cl2N3/c1-3-4-18-9-14-5-10(2)19-15(20-14)11-6-12(16)8-13(17)7-11/h5-8,18H,3-4,9H2,1-2H3. The van der Waals surface area contributed by atoms with Gasteiger partial charge in [-0.3, -0.25) is 0 Å². The summed E-state index contributed by atoms with van der Waals surface area (Å²) in [5, 5.41) is 4.51. The second-order valence-electron chi connectivity index (χ2n) is 4.66. The van der Waals surface area contributed by atoms with Crippen LogP contribution in [0.3, 0.4) is 0 Å². The Morgan fingerprint density at radius 2 is 1.75 bits per heavy atom. The van der Waals surface area contributed by atoms with Gasteiger partial charge in [-0.05, 0) is 44.2 Å². The van der Waals surface area contributed by atoms with Crippen LogP contribution in [0.4, 0.5) is 0 Å². The molecule has 0 amide bonds. The van der Waals surface area contributed by atoms with Crippen molar-refractivity contribution in [2.45, 2.75) is 26.8 Å². The summed E-state index contributed by atoms with van der Waals surface area (Å²) in [7, 11) is 0. The molecule has 0 fully saturated rings. The summed E-state index contributed by atoms with van der Waals surface area (Å²) in [4.78, 5) is 9.03. The van der Waals surface area contributed by atoms with Crippen molar-refractivity contribution in [1.82, 2.24) is 15.3 Å². The van der Waals surface area contributed by atoms with Gasteiger partial charge in [0.25, 0.3) is 0 Å².